The molecule has 3 aromatic rings. The second-order valence-corrected chi connectivity index (χ2v) is 9.57. The summed E-state index contributed by atoms with van der Waals surface area (Å²) in [6.45, 7) is 9.17. The maximum atomic E-state index is 13.4. The highest BCUT2D eigenvalue weighted by Crippen LogP contribution is 2.21. The van der Waals surface area contributed by atoms with Crippen LogP contribution in [0.3, 0.4) is 0 Å². The SMILES string of the molecule is CCCN(CC(=O)N(Cc1ccc(F)cc1)Cc1sccc1C)C(=O)Nc1ccc(C)cc1C. The molecular formula is C27H32FN3O2S. The molecule has 34 heavy (non-hydrogen) atoms. The van der Waals surface area contributed by atoms with E-state index < -0.39 is 0 Å². The van der Waals surface area contributed by atoms with Crippen LogP contribution in [0.5, 0.6) is 0 Å². The van der Waals surface area contributed by atoms with Crippen LogP contribution in [0.15, 0.2) is 53.9 Å². The lowest BCUT2D eigenvalue weighted by molar-refractivity contribution is -0.133. The average Bonchev–Trinajstić information content (AvgIpc) is 3.20. The number of halogens is 1. The molecule has 3 amide bonds. The molecule has 0 bridgehead atoms. The smallest absolute Gasteiger partial charge is 0.322 e. The minimum atomic E-state index is -0.312. The lowest BCUT2D eigenvalue weighted by Crippen LogP contribution is -2.44. The Balaban J connectivity index is 1.77. The Labute approximate surface area is 205 Å². The molecule has 180 valence electrons. The first-order valence-corrected chi connectivity index (χ1v) is 12.3. The summed E-state index contributed by atoms with van der Waals surface area (Å²) in [7, 11) is 0. The predicted molar refractivity (Wildman–Crippen MR) is 137 cm³/mol. The number of benzene rings is 2. The van der Waals surface area contributed by atoms with Crippen LogP contribution in [0, 0.1) is 26.6 Å². The molecule has 2 aromatic carbocycles. The third kappa shape index (κ3) is 6.90. The van der Waals surface area contributed by atoms with Crippen molar-refractivity contribution in [2.75, 3.05) is 18.4 Å². The fourth-order valence-corrected chi connectivity index (χ4v) is 4.64. The minimum Gasteiger partial charge on any atom is -0.332 e. The van der Waals surface area contributed by atoms with Crippen LogP contribution in [0.2, 0.25) is 0 Å². The number of hydrogen-bond donors (Lipinski definition) is 1. The number of aryl methyl sites for hydroxylation is 3. The molecule has 0 radical (unpaired) electrons. The molecule has 7 heteroatoms. The van der Waals surface area contributed by atoms with Gasteiger partial charge in [0.25, 0.3) is 0 Å². The van der Waals surface area contributed by atoms with Gasteiger partial charge in [-0.2, -0.15) is 0 Å². The van der Waals surface area contributed by atoms with Crippen molar-refractivity contribution in [2.45, 2.75) is 47.2 Å². The number of anilines is 1. The molecular weight excluding hydrogens is 449 g/mol. The van der Waals surface area contributed by atoms with Gasteiger partial charge in [0.2, 0.25) is 5.91 Å². The van der Waals surface area contributed by atoms with E-state index in [-0.39, 0.29) is 24.3 Å². The Bertz CT molecular complexity index is 1130. The zero-order chi connectivity index (χ0) is 24.7. The molecule has 0 aliphatic rings. The molecule has 0 saturated heterocycles. The molecule has 0 fully saturated rings. The number of nitrogens with zero attached hydrogens (tertiary/aromatic N) is 2. The van der Waals surface area contributed by atoms with Crippen molar-refractivity contribution in [3.05, 3.63) is 86.9 Å². The maximum Gasteiger partial charge on any atom is 0.322 e. The van der Waals surface area contributed by atoms with Crippen molar-refractivity contribution in [2.24, 2.45) is 0 Å². The third-order valence-corrected chi connectivity index (χ3v) is 6.68. The number of carbonyl (C=O) groups excluding carboxylic acids is 2. The number of thiophene rings is 1. The van der Waals surface area contributed by atoms with Crippen molar-refractivity contribution in [3.8, 4) is 0 Å². The van der Waals surface area contributed by atoms with E-state index in [1.54, 1.807) is 33.3 Å². The molecule has 5 nitrogen and oxygen atoms in total. The third-order valence-electron chi connectivity index (χ3n) is 5.67. The zero-order valence-corrected chi connectivity index (χ0v) is 21.0. The van der Waals surface area contributed by atoms with Crippen molar-refractivity contribution < 1.29 is 14.0 Å². The molecule has 1 N–H and O–H groups in total. The van der Waals surface area contributed by atoms with E-state index in [4.69, 9.17) is 0 Å². The molecule has 0 unspecified atom stereocenters. The summed E-state index contributed by atoms with van der Waals surface area (Å²) >= 11 is 1.60. The topological polar surface area (TPSA) is 52.7 Å². The number of rotatable bonds is 9. The van der Waals surface area contributed by atoms with Crippen molar-refractivity contribution in [1.29, 1.82) is 0 Å². The summed E-state index contributed by atoms with van der Waals surface area (Å²) in [4.78, 5) is 30.9. The minimum absolute atomic E-state index is 0.0315. The molecule has 1 heterocycles. The van der Waals surface area contributed by atoms with E-state index >= 15 is 0 Å². The van der Waals surface area contributed by atoms with E-state index in [1.807, 2.05) is 57.3 Å². The van der Waals surface area contributed by atoms with Gasteiger partial charge in [-0.05, 0) is 73.5 Å². The van der Waals surface area contributed by atoms with E-state index in [0.717, 1.165) is 39.2 Å². The van der Waals surface area contributed by atoms with Gasteiger partial charge in [-0.25, -0.2) is 9.18 Å². The molecule has 0 aliphatic heterocycles. The van der Waals surface area contributed by atoms with Crippen LogP contribution in [-0.2, 0) is 17.9 Å². The second-order valence-electron chi connectivity index (χ2n) is 8.57. The summed E-state index contributed by atoms with van der Waals surface area (Å²) in [6.07, 6.45) is 0.732. The fraction of sp³-hybridized carbons (Fsp3) is 0.333. The highest BCUT2D eigenvalue weighted by molar-refractivity contribution is 7.10. The van der Waals surface area contributed by atoms with Crippen LogP contribution in [-0.4, -0.2) is 34.8 Å². The first kappa shape index (κ1) is 25.4. The maximum absolute atomic E-state index is 13.4. The Morgan fingerprint density at radius 2 is 1.68 bits per heavy atom. The van der Waals surface area contributed by atoms with Crippen LogP contribution in [0.1, 0.15) is 40.5 Å². The Hall–Kier alpha value is -3.19. The van der Waals surface area contributed by atoms with Crippen molar-refractivity contribution in [3.63, 3.8) is 0 Å². The van der Waals surface area contributed by atoms with Gasteiger partial charge in [-0.15, -0.1) is 11.3 Å². The van der Waals surface area contributed by atoms with Crippen molar-refractivity contribution >= 4 is 29.0 Å². The summed E-state index contributed by atoms with van der Waals surface area (Å²) in [5.74, 6) is -0.464. The summed E-state index contributed by atoms with van der Waals surface area (Å²) in [6, 6.07) is 13.8. The lowest BCUT2D eigenvalue weighted by atomic mass is 10.1. The quantitative estimate of drug-likeness (QED) is 0.391. The van der Waals surface area contributed by atoms with Gasteiger partial charge in [0.15, 0.2) is 0 Å². The van der Waals surface area contributed by atoms with Crippen LogP contribution >= 0.6 is 11.3 Å². The van der Waals surface area contributed by atoms with Crippen LogP contribution in [0.4, 0.5) is 14.9 Å². The van der Waals surface area contributed by atoms with Crippen LogP contribution < -0.4 is 5.32 Å². The zero-order valence-electron chi connectivity index (χ0n) is 20.2. The van der Waals surface area contributed by atoms with Crippen LogP contribution in [0.25, 0.3) is 0 Å². The largest absolute Gasteiger partial charge is 0.332 e. The lowest BCUT2D eigenvalue weighted by Gasteiger charge is -2.28. The Morgan fingerprint density at radius 3 is 2.29 bits per heavy atom. The monoisotopic (exact) mass is 481 g/mol. The van der Waals surface area contributed by atoms with Gasteiger partial charge >= 0.3 is 6.03 Å². The summed E-state index contributed by atoms with van der Waals surface area (Å²) in [5, 5.41) is 4.96. The number of carbonyl (C=O) groups is 2. The first-order chi connectivity index (χ1) is 16.3. The van der Waals surface area contributed by atoms with Gasteiger partial charge < -0.3 is 15.1 Å². The first-order valence-electron chi connectivity index (χ1n) is 11.4. The van der Waals surface area contributed by atoms with Gasteiger partial charge in [0, 0.05) is 23.7 Å². The number of amides is 3. The molecule has 0 aliphatic carbocycles. The highest BCUT2D eigenvalue weighted by atomic mass is 32.1. The van der Waals surface area contributed by atoms with Gasteiger partial charge in [0.1, 0.15) is 12.4 Å². The van der Waals surface area contributed by atoms with E-state index in [2.05, 4.69) is 5.32 Å². The summed E-state index contributed by atoms with van der Waals surface area (Å²) in [5.41, 5.74) is 4.80. The van der Waals surface area contributed by atoms with E-state index in [0.29, 0.717) is 19.6 Å². The number of urea groups is 1. The Kier molecular flexibility index (Phi) is 8.82. The second kappa shape index (κ2) is 11.8. The van der Waals surface area contributed by atoms with E-state index in [9.17, 15) is 14.0 Å². The molecule has 0 saturated carbocycles. The van der Waals surface area contributed by atoms with Gasteiger partial charge in [-0.3, -0.25) is 4.79 Å². The average molecular weight is 482 g/mol. The van der Waals surface area contributed by atoms with Gasteiger partial charge in [0.05, 0.1) is 6.54 Å². The van der Waals surface area contributed by atoms with Gasteiger partial charge in [-0.1, -0.05) is 36.8 Å². The Morgan fingerprint density at radius 1 is 0.941 bits per heavy atom. The van der Waals surface area contributed by atoms with E-state index in [1.165, 1.54) is 12.1 Å². The number of nitrogens with one attached hydrogen (secondary N) is 1. The standard InChI is InChI=1S/C27H32FN3O2S/c1-5-13-30(27(33)29-24-11-6-19(2)15-21(24)4)18-26(32)31(17-25-20(3)12-14-34-25)16-22-7-9-23(28)10-8-22/h6-12,14-15H,5,13,16-18H2,1-4H3,(H,29,33). The van der Waals surface area contributed by atoms with Crippen molar-refractivity contribution in [1.82, 2.24) is 9.80 Å². The fourth-order valence-electron chi connectivity index (χ4n) is 3.72. The normalized spacial score (nSPS) is 10.7. The highest BCUT2D eigenvalue weighted by Gasteiger charge is 2.22. The molecule has 0 spiro atoms. The molecule has 3 rings (SSSR count). The number of hydrogen-bond acceptors (Lipinski definition) is 3. The predicted octanol–water partition coefficient (Wildman–Crippen LogP) is 6.29. The molecule has 1 aromatic heterocycles. The summed E-state index contributed by atoms with van der Waals surface area (Å²) < 4.78 is 13.4. The molecule has 0 atom stereocenters.